The summed E-state index contributed by atoms with van der Waals surface area (Å²) in [6.07, 6.45) is 3.43. The van der Waals surface area contributed by atoms with Crippen LogP contribution in [0.3, 0.4) is 0 Å². The van der Waals surface area contributed by atoms with Crippen LogP contribution in [-0.2, 0) is 5.88 Å². The molecule has 2 aromatic heterocycles. The van der Waals surface area contributed by atoms with E-state index in [-0.39, 0.29) is 30.2 Å². The number of imidazole rings is 1. The molecular weight excluding hydrogens is 413 g/mol. The van der Waals surface area contributed by atoms with Gasteiger partial charge >= 0.3 is 0 Å². The van der Waals surface area contributed by atoms with Crippen LogP contribution in [0.15, 0.2) is 28.9 Å². The average molecular weight is 427 g/mol. The molecule has 0 aliphatic carbocycles. The molecule has 4 heterocycles. The van der Waals surface area contributed by atoms with Gasteiger partial charge in [0, 0.05) is 6.54 Å². The second kappa shape index (κ2) is 6.82. The molecule has 27 heavy (non-hydrogen) atoms. The van der Waals surface area contributed by atoms with E-state index >= 15 is 0 Å². The van der Waals surface area contributed by atoms with Crippen LogP contribution in [0.2, 0.25) is 5.02 Å². The first-order valence-electron chi connectivity index (χ1n) is 8.25. The maximum absolute atomic E-state index is 13.1. The van der Waals surface area contributed by atoms with Crippen LogP contribution in [0, 0.1) is 0 Å². The average Bonchev–Trinajstić information content (AvgIpc) is 3.37. The molecule has 0 radical (unpaired) electrons. The van der Waals surface area contributed by atoms with E-state index in [1.807, 2.05) is 21.6 Å². The minimum absolute atomic E-state index is 0. The summed E-state index contributed by atoms with van der Waals surface area (Å²) in [5, 5.41) is 8.42. The van der Waals surface area contributed by atoms with E-state index in [9.17, 15) is 4.79 Å². The number of alkyl halides is 1. The summed E-state index contributed by atoms with van der Waals surface area (Å²) in [4.78, 5) is 19.5. The fourth-order valence-electron chi connectivity index (χ4n) is 3.80. The highest BCUT2D eigenvalue weighted by Gasteiger charge is 2.40. The van der Waals surface area contributed by atoms with Crippen LogP contribution in [0.5, 0.6) is 0 Å². The Kier molecular flexibility index (Phi) is 4.61. The lowest BCUT2D eigenvalue weighted by Gasteiger charge is -2.22. The van der Waals surface area contributed by atoms with Gasteiger partial charge in [-0.25, -0.2) is 4.98 Å². The molecule has 140 valence electrons. The quantitative estimate of drug-likeness (QED) is 0.578. The zero-order valence-corrected chi connectivity index (χ0v) is 16.3. The predicted octanol–water partition coefficient (Wildman–Crippen LogP) is 4.03. The van der Waals surface area contributed by atoms with Gasteiger partial charge in [-0.15, -0.1) is 34.2 Å². The maximum Gasteiger partial charge on any atom is 0.268 e. The normalized spacial score (nSPS) is 17.8. The van der Waals surface area contributed by atoms with Gasteiger partial charge in [0.15, 0.2) is 5.69 Å². The summed E-state index contributed by atoms with van der Waals surface area (Å²) in [5.41, 5.74) is 2.64. The molecule has 3 aromatic rings. The highest BCUT2D eigenvalue weighted by atomic mass is 35.5. The number of rotatable bonds is 2. The van der Waals surface area contributed by atoms with Crippen LogP contribution < -0.4 is 0 Å². The van der Waals surface area contributed by atoms with E-state index in [1.165, 1.54) is 0 Å². The minimum atomic E-state index is -0.116. The van der Waals surface area contributed by atoms with Crippen molar-refractivity contribution in [3.05, 3.63) is 46.7 Å². The molecule has 0 N–H and O–H groups in total. The molecule has 7 nitrogen and oxygen atoms in total. The van der Waals surface area contributed by atoms with E-state index in [0.29, 0.717) is 40.3 Å². The van der Waals surface area contributed by atoms with Crippen LogP contribution in [-0.4, -0.2) is 37.1 Å². The second-order valence-corrected chi connectivity index (χ2v) is 6.95. The first-order chi connectivity index (χ1) is 12.7. The van der Waals surface area contributed by atoms with Gasteiger partial charge in [0.05, 0.1) is 28.0 Å². The summed E-state index contributed by atoms with van der Waals surface area (Å²) in [6.45, 7) is 0.676. The van der Waals surface area contributed by atoms with Crippen molar-refractivity contribution in [2.75, 3.05) is 6.54 Å². The number of hydrogen-bond acceptors (Lipinski definition) is 5. The summed E-state index contributed by atoms with van der Waals surface area (Å²) < 4.78 is 7.52. The monoisotopic (exact) mass is 425 g/mol. The van der Waals surface area contributed by atoms with Gasteiger partial charge in [-0.05, 0) is 25.0 Å². The SMILES string of the molecule is Cl.O=C1c2c(Cl)cccc2-n2cnc(-c3nnc(CCl)o3)c2[C@@H]2CCCN12. The Morgan fingerprint density at radius 1 is 1.30 bits per heavy atom. The van der Waals surface area contributed by atoms with Gasteiger partial charge in [0.25, 0.3) is 11.8 Å². The van der Waals surface area contributed by atoms with Crippen molar-refractivity contribution in [2.24, 2.45) is 0 Å². The molecule has 0 unspecified atom stereocenters. The zero-order chi connectivity index (χ0) is 17.8. The Hall–Kier alpha value is -2.09. The van der Waals surface area contributed by atoms with Crippen molar-refractivity contribution in [3.63, 3.8) is 0 Å². The summed E-state index contributed by atoms with van der Waals surface area (Å²) in [5.74, 6) is 0.712. The Morgan fingerprint density at radius 3 is 2.93 bits per heavy atom. The van der Waals surface area contributed by atoms with Crippen molar-refractivity contribution >= 4 is 41.5 Å². The van der Waals surface area contributed by atoms with E-state index in [2.05, 4.69) is 15.2 Å². The van der Waals surface area contributed by atoms with Crippen LogP contribution in [0.4, 0.5) is 0 Å². The lowest BCUT2D eigenvalue weighted by molar-refractivity contribution is 0.0739. The van der Waals surface area contributed by atoms with Crippen molar-refractivity contribution in [1.29, 1.82) is 0 Å². The van der Waals surface area contributed by atoms with E-state index in [4.69, 9.17) is 27.6 Å². The van der Waals surface area contributed by atoms with Crippen LogP contribution in [0.1, 0.15) is 40.8 Å². The largest absolute Gasteiger partial charge is 0.418 e. The Balaban J connectivity index is 0.00000180. The van der Waals surface area contributed by atoms with Crippen LogP contribution >= 0.6 is 35.6 Å². The fourth-order valence-corrected chi connectivity index (χ4v) is 4.16. The predicted molar refractivity (Wildman–Crippen MR) is 102 cm³/mol. The molecule has 10 heteroatoms. The molecule has 0 saturated carbocycles. The van der Waals surface area contributed by atoms with Gasteiger partial charge in [0.1, 0.15) is 12.2 Å². The molecule has 0 spiro atoms. The smallest absolute Gasteiger partial charge is 0.268 e. The Morgan fingerprint density at radius 2 is 2.15 bits per heavy atom. The number of amides is 1. The molecule has 5 rings (SSSR count). The third-order valence-corrected chi connectivity index (χ3v) is 5.43. The second-order valence-electron chi connectivity index (χ2n) is 6.27. The third-order valence-electron chi connectivity index (χ3n) is 4.88. The number of aromatic nitrogens is 4. The summed E-state index contributed by atoms with van der Waals surface area (Å²) in [6, 6.07) is 5.31. The van der Waals surface area contributed by atoms with Gasteiger partial charge < -0.3 is 9.32 Å². The molecular formula is C17H14Cl3N5O2. The van der Waals surface area contributed by atoms with Gasteiger partial charge in [-0.3, -0.25) is 9.36 Å². The van der Waals surface area contributed by atoms with Crippen molar-refractivity contribution in [3.8, 4) is 17.3 Å². The Labute approximate surface area is 170 Å². The molecule has 1 fully saturated rings. The zero-order valence-electron chi connectivity index (χ0n) is 13.9. The molecule has 0 bridgehead atoms. The van der Waals surface area contributed by atoms with E-state index < -0.39 is 0 Å². The highest BCUT2D eigenvalue weighted by molar-refractivity contribution is 6.34. The minimum Gasteiger partial charge on any atom is -0.418 e. The van der Waals surface area contributed by atoms with Crippen molar-refractivity contribution < 1.29 is 9.21 Å². The van der Waals surface area contributed by atoms with Crippen molar-refractivity contribution in [2.45, 2.75) is 24.8 Å². The first kappa shape index (κ1) is 18.3. The number of halogens is 3. The van der Waals surface area contributed by atoms with Gasteiger partial charge in [-0.1, -0.05) is 17.7 Å². The number of carbonyl (C=O) groups excluding carboxylic acids is 1. The lowest BCUT2D eigenvalue weighted by Crippen LogP contribution is -2.29. The number of hydrogen-bond donors (Lipinski definition) is 0. The third kappa shape index (κ3) is 2.64. The van der Waals surface area contributed by atoms with Crippen molar-refractivity contribution in [1.82, 2.24) is 24.6 Å². The Bertz CT molecular complexity index is 1030. The van der Waals surface area contributed by atoms with Gasteiger partial charge in [-0.2, -0.15) is 0 Å². The molecule has 1 amide bonds. The fraction of sp³-hybridized carbons (Fsp3) is 0.294. The van der Waals surface area contributed by atoms with E-state index in [0.717, 1.165) is 18.5 Å². The maximum atomic E-state index is 13.1. The molecule has 1 aromatic carbocycles. The van der Waals surface area contributed by atoms with E-state index in [1.54, 1.807) is 12.4 Å². The number of benzene rings is 1. The molecule has 2 aliphatic rings. The molecule has 1 saturated heterocycles. The van der Waals surface area contributed by atoms with Gasteiger partial charge in [0.2, 0.25) is 5.89 Å². The number of fused-ring (bicyclic) bond motifs is 5. The highest BCUT2D eigenvalue weighted by Crippen LogP contribution is 2.43. The standard InChI is InChI=1S/C17H13Cl2N5O2.ClH/c18-7-12-21-22-16(26-12)14-15-11-5-2-6-23(11)17(25)13-9(19)3-1-4-10(13)24(15)8-20-14;/h1,3-4,8,11H,2,5-7H2;1H/t11-;/m0./s1. The number of nitrogens with zero attached hydrogens (tertiary/aromatic N) is 5. The number of carbonyl (C=O) groups is 1. The lowest BCUT2D eigenvalue weighted by atomic mass is 10.1. The molecule has 2 aliphatic heterocycles. The summed E-state index contributed by atoms with van der Waals surface area (Å²) in [7, 11) is 0. The summed E-state index contributed by atoms with van der Waals surface area (Å²) >= 11 is 12.1. The topological polar surface area (TPSA) is 77.0 Å². The van der Waals surface area contributed by atoms with Crippen LogP contribution in [0.25, 0.3) is 17.3 Å². The first-order valence-corrected chi connectivity index (χ1v) is 9.16. The molecule has 1 atom stereocenters.